The van der Waals surface area contributed by atoms with Crippen LogP contribution in [-0.2, 0) is 20.2 Å². The van der Waals surface area contributed by atoms with E-state index in [0.717, 1.165) is 16.7 Å². The molecule has 0 atom stereocenters. The van der Waals surface area contributed by atoms with Gasteiger partial charge in [-0.25, -0.2) is 8.42 Å². The first-order valence-electron chi connectivity index (χ1n) is 11.4. The molecule has 1 aliphatic rings. The van der Waals surface area contributed by atoms with Gasteiger partial charge in [0.05, 0.1) is 18.1 Å². The highest BCUT2D eigenvalue weighted by atomic mass is 32.2. The van der Waals surface area contributed by atoms with E-state index in [1.807, 2.05) is 43.3 Å². The zero-order valence-corrected chi connectivity index (χ0v) is 20.3. The number of rotatable bonds is 7. The molecule has 0 aromatic heterocycles. The summed E-state index contributed by atoms with van der Waals surface area (Å²) in [5.74, 6) is -0.297. The molecule has 4 rings (SSSR count). The second-order valence-electron chi connectivity index (χ2n) is 8.74. The normalized spacial score (nSPS) is 15.1. The Morgan fingerprint density at radius 3 is 2.06 bits per heavy atom. The summed E-state index contributed by atoms with van der Waals surface area (Å²) in [4.78, 5) is 13.4. The standard InChI is InChI=1S/C27H30N2O4S/c1-21-13-14-24(34(31,32)29-15-17-33-18-16-29)19-25(21)26(30)28-20-27(2,22-9-5-3-6-10-22)23-11-7-4-8-12-23/h3-14,19H,15-18,20H2,1-2H3,(H,28,30). The highest BCUT2D eigenvalue weighted by molar-refractivity contribution is 7.89. The van der Waals surface area contributed by atoms with Crippen molar-refractivity contribution in [3.8, 4) is 0 Å². The number of benzene rings is 3. The van der Waals surface area contributed by atoms with Gasteiger partial charge in [-0.05, 0) is 42.7 Å². The van der Waals surface area contributed by atoms with Crippen LogP contribution >= 0.6 is 0 Å². The third kappa shape index (κ3) is 4.92. The molecule has 1 saturated heterocycles. The van der Waals surface area contributed by atoms with Crippen LogP contribution in [0.5, 0.6) is 0 Å². The molecule has 178 valence electrons. The van der Waals surface area contributed by atoms with Crippen molar-refractivity contribution in [1.82, 2.24) is 9.62 Å². The average Bonchev–Trinajstić information content (AvgIpc) is 2.88. The molecule has 1 heterocycles. The lowest BCUT2D eigenvalue weighted by atomic mass is 9.76. The second-order valence-corrected chi connectivity index (χ2v) is 10.7. The number of aryl methyl sites for hydroxylation is 1. The number of amides is 1. The van der Waals surface area contributed by atoms with Crippen molar-refractivity contribution in [3.63, 3.8) is 0 Å². The first-order valence-corrected chi connectivity index (χ1v) is 12.8. The number of carbonyl (C=O) groups is 1. The number of hydrogen-bond acceptors (Lipinski definition) is 4. The average molecular weight is 479 g/mol. The SMILES string of the molecule is Cc1ccc(S(=O)(=O)N2CCOCC2)cc1C(=O)NCC(C)(c1ccccc1)c1ccccc1. The van der Waals surface area contributed by atoms with Crippen LogP contribution < -0.4 is 5.32 Å². The lowest BCUT2D eigenvalue weighted by Gasteiger charge is -2.31. The Balaban J connectivity index is 1.60. The first kappa shape index (κ1) is 24.1. The third-order valence-electron chi connectivity index (χ3n) is 6.49. The largest absolute Gasteiger partial charge is 0.379 e. The molecule has 0 spiro atoms. The predicted molar refractivity (Wildman–Crippen MR) is 132 cm³/mol. The lowest BCUT2D eigenvalue weighted by molar-refractivity contribution is 0.0730. The van der Waals surface area contributed by atoms with E-state index in [1.54, 1.807) is 12.1 Å². The van der Waals surface area contributed by atoms with E-state index in [2.05, 4.69) is 36.5 Å². The zero-order chi connectivity index (χ0) is 24.2. The van der Waals surface area contributed by atoms with Gasteiger partial charge in [0.2, 0.25) is 10.0 Å². The van der Waals surface area contributed by atoms with Crippen molar-refractivity contribution in [2.45, 2.75) is 24.2 Å². The molecular formula is C27H30N2O4S. The lowest BCUT2D eigenvalue weighted by Crippen LogP contribution is -2.41. The molecule has 3 aromatic rings. The van der Waals surface area contributed by atoms with Crippen molar-refractivity contribution in [1.29, 1.82) is 0 Å². The van der Waals surface area contributed by atoms with Gasteiger partial charge >= 0.3 is 0 Å². The Morgan fingerprint density at radius 2 is 1.50 bits per heavy atom. The minimum atomic E-state index is -3.69. The molecule has 3 aromatic carbocycles. The van der Waals surface area contributed by atoms with E-state index in [4.69, 9.17) is 4.74 Å². The third-order valence-corrected chi connectivity index (χ3v) is 8.38. The number of morpholine rings is 1. The van der Waals surface area contributed by atoms with E-state index < -0.39 is 15.4 Å². The molecule has 0 unspecified atom stereocenters. The fraction of sp³-hybridized carbons (Fsp3) is 0.296. The Hall–Kier alpha value is -3.00. The fourth-order valence-electron chi connectivity index (χ4n) is 4.28. The summed E-state index contributed by atoms with van der Waals surface area (Å²) in [6.07, 6.45) is 0. The van der Waals surface area contributed by atoms with Crippen LogP contribution in [0.1, 0.15) is 34.0 Å². The molecule has 1 fully saturated rings. The van der Waals surface area contributed by atoms with Gasteiger partial charge in [-0.15, -0.1) is 0 Å². The number of carbonyl (C=O) groups excluding carboxylic acids is 1. The van der Waals surface area contributed by atoms with Crippen LogP contribution in [-0.4, -0.2) is 51.5 Å². The van der Waals surface area contributed by atoms with Gasteiger partial charge in [0, 0.05) is 30.6 Å². The highest BCUT2D eigenvalue weighted by Gasteiger charge is 2.31. The van der Waals surface area contributed by atoms with E-state index in [9.17, 15) is 13.2 Å². The van der Waals surface area contributed by atoms with E-state index in [1.165, 1.54) is 10.4 Å². The predicted octanol–water partition coefficient (Wildman–Crippen LogP) is 3.75. The number of nitrogens with zero attached hydrogens (tertiary/aromatic N) is 1. The molecule has 1 N–H and O–H groups in total. The van der Waals surface area contributed by atoms with Gasteiger partial charge in [-0.3, -0.25) is 4.79 Å². The smallest absolute Gasteiger partial charge is 0.251 e. The highest BCUT2D eigenvalue weighted by Crippen LogP contribution is 2.31. The minimum absolute atomic E-state index is 0.124. The van der Waals surface area contributed by atoms with E-state index in [-0.39, 0.29) is 10.8 Å². The van der Waals surface area contributed by atoms with Crippen LogP contribution in [0.25, 0.3) is 0 Å². The Labute approximate surface area is 201 Å². The summed E-state index contributed by atoms with van der Waals surface area (Å²) in [5.41, 5.74) is 2.80. The van der Waals surface area contributed by atoms with Gasteiger partial charge in [0.25, 0.3) is 5.91 Å². The summed E-state index contributed by atoms with van der Waals surface area (Å²) < 4.78 is 32.9. The number of sulfonamides is 1. The second kappa shape index (κ2) is 10.1. The zero-order valence-electron chi connectivity index (χ0n) is 19.5. The molecular weight excluding hydrogens is 448 g/mol. The Bertz CT molecular complexity index is 1200. The van der Waals surface area contributed by atoms with Gasteiger partial charge in [-0.2, -0.15) is 4.31 Å². The summed E-state index contributed by atoms with van der Waals surface area (Å²) in [7, 11) is -3.69. The van der Waals surface area contributed by atoms with Gasteiger partial charge < -0.3 is 10.1 Å². The van der Waals surface area contributed by atoms with Crippen molar-refractivity contribution in [2.75, 3.05) is 32.8 Å². The molecule has 0 bridgehead atoms. The van der Waals surface area contributed by atoms with Crippen LogP contribution in [0.15, 0.2) is 83.8 Å². The maximum absolute atomic E-state index is 13.3. The quantitative estimate of drug-likeness (QED) is 0.561. The number of hydrogen-bond donors (Lipinski definition) is 1. The van der Waals surface area contributed by atoms with Gasteiger partial charge in [-0.1, -0.05) is 66.7 Å². The first-order chi connectivity index (χ1) is 16.3. The summed E-state index contributed by atoms with van der Waals surface area (Å²) in [6, 6.07) is 24.9. The molecule has 34 heavy (non-hydrogen) atoms. The topological polar surface area (TPSA) is 75.7 Å². The molecule has 7 heteroatoms. The number of ether oxygens (including phenoxy) is 1. The molecule has 6 nitrogen and oxygen atoms in total. The van der Waals surface area contributed by atoms with Gasteiger partial charge in [0.15, 0.2) is 0 Å². The van der Waals surface area contributed by atoms with Crippen molar-refractivity contribution >= 4 is 15.9 Å². The molecule has 0 radical (unpaired) electrons. The molecule has 1 amide bonds. The van der Waals surface area contributed by atoms with Crippen molar-refractivity contribution < 1.29 is 17.9 Å². The Morgan fingerprint density at radius 1 is 0.941 bits per heavy atom. The summed E-state index contributed by atoms with van der Waals surface area (Å²) >= 11 is 0. The van der Waals surface area contributed by atoms with Crippen LogP contribution in [0.2, 0.25) is 0 Å². The van der Waals surface area contributed by atoms with E-state index >= 15 is 0 Å². The molecule has 0 aliphatic carbocycles. The molecule has 1 aliphatic heterocycles. The van der Waals surface area contributed by atoms with Crippen LogP contribution in [0.4, 0.5) is 0 Å². The van der Waals surface area contributed by atoms with E-state index in [0.29, 0.717) is 38.4 Å². The maximum atomic E-state index is 13.3. The molecule has 0 saturated carbocycles. The van der Waals surface area contributed by atoms with Crippen molar-refractivity contribution in [2.24, 2.45) is 0 Å². The minimum Gasteiger partial charge on any atom is -0.379 e. The number of nitrogens with one attached hydrogen (secondary N) is 1. The van der Waals surface area contributed by atoms with Crippen molar-refractivity contribution in [3.05, 3.63) is 101 Å². The summed E-state index contributed by atoms with van der Waals surface area (Å²) in [5, 5.41) is 3.07. The summed E-state index contributed by atoms with van der Waals surface area (Å²) in [6.45, 7) is 5.64. The maximum Gasteiger partial charge on any atom is 0.251 e. The van der Waals surface area contributed by atoms with Crippen LogP contribution in [0.3, 0.4) is 0 Å². The van der Waals surface area contributed by atoms with Gasteiger partial charge in [0.1, 0.15) is 0 Å². The monoisotopic (exact) mass is 478 g/mol. The Kier molecular flexibility index (Phi) is 7.16. The van der Waals surface area contributed by atoms with Crippen LogP contribution in [0, 0.1) is 6.92 Å². The fourth-order valence-corrected chi connectivity index (χ4v) is 5.71.